The van der Waals surface area contributed by atoms with Crippen molar-refractivity contribution in [3.63, 3.8) is 0 Å². The van der Waals surface area contributed by atoms with E-state index in [1.165, 1.54) is 25.3 Å². The number of hydrogen-bond donors (Lipinski definition) is 1. The van der Waals surface area contributed by atoms with Gasteiger partial charge in [0.2, 0.25) is 17.6 Å². The Balaban J connectivity index is 1.39. The summed E-state index contributed by atoms with van der Waals surface area (Å²) in [6, 6.07) is 6.18. The van der Waals surface area contributed by atoms with E-state index in [0.717, 1.165) is 12.1 Å². The number of carbonyl (C=O) groups is 2. The minimum absolute atomic E-state index is 0.0625. The van der Waals surface area contributed by atoms with Crippen LogP contribution in [0.1, 0.15) is 29.8 Å². The van der Waals surface area contributed by atoms with Gasteiger partial charge in [0.25, 0.3) is 0 Å². The van der Waals surface area contributed by atoms with E-state index >= 15 is 0 Å². The van der Waals surface area contributed by atoms with Crippen LogP contribution in [-0.4, -0.2) is 86.2 Å². The Morgan fingerprint density at radius 1 is 0.929 bits per heavy atom. The van der Waals surface area contributed by atoms with E-state index < -0.39 is 29.7 Å². The first-order chi connectivity index (χ1) is 19.8. The van der Waals surface area contributed by atoms with Crippen LogP contribution in [0.3, 0.4) is 0 Å². The fourth-order valence-electron chi connectivity index (χ4n) is 5.01. The summed E-state index contributed by atoms with van der Waals surface area (Å²) < 4.78 is 84.4. The molecule has 1 aromatic heterocycles. The number of nitrogens with one attached hydrogen (secondary N) is 1. The largest absolute Gasteiger partial charge is 0.451 e. The van der Waals surface area contributed by atoms with Gasteiger partial charge in [-0.3, -0.25) is 9.59 Å². The Hall–Kier alpha value is -3.62. The number of piperazine rings is 1. The highest BCUT2D eigenvalue weighted by atomic mass is 19.4. The number of piperidine rings is 1. The number of methoxy groups -OCH3 is 1. The number of halogens is 6. The number of benzene rings is 1. The molecule has 0 spiro atoms. The average Bonchev–Trinajstić information content (AvgIpc) is 2.96. The summed E-state index contributed by atoms with van der Waals surface area (Å²) in [6.07, 6.45) is -7.80. The second kappa shape index (κ2) is 13.1. The third-order valence-corrected chi connectivity index (χ3v) is 7.29. The molecular formula is C27H32F6N6O3. The third kappa shape index (κ3) is 8.01. The lowest BCUT2D eigenvalue weighted by molar-refractivity contribution is -0.145. The highest BCUT2D eigenvalue weighted by Crippen LogP contribution is 2.32. The lowest BCUT2D eigenvalue weighted by atomic mass is 9.97. The Bertz CT molecular complexity index is 1230. The molecule has 9 nitrogen and oxygen atoms in total. The van der Waals surface area contributed by atoms with Crippen LogP contribution < -0.4 is 15.1 Å². The summed E-state index contributed by atoms with van der Waals surface area (Å²) in [6.45, 7) is 1.87. The fourth-order valence-corrected chi connectivity index (χ4v) is 5.01. The lowest BCUT2D eigenvalue weighted by Gasteiger charge is -2.37. The second-order valence-electron chi connectivity index (χ2n) is 10.2. The van der Waals surface area contributed by atoms with Gasteiger partial charge in [-0.2, -0.15) is 26.3 Å². The number of alkyl halides is 6. The molecule has 0 saturated carbocycles. The maximum atomic E-state index is 13.8. The van der Waals surface area contributed by atoms with Crippen LogP contribution in [0.2, 0.25) is 0 Å². The number of nitrogens with zero attached hydrogens (tertiary/aromatic N) is 5. The monoisotopic (exact) mass is 602 g/mol. The van der Waals surface area contributed by atoms with Gasteiger partial charge >= 0.3 is 12.4 Å². The quantitative estimate of drug-likeness (QED) is 0.464. The number of rotatable bonds is 8. The molecule has 15 heteroatoms. The maximum absolute atomic E-state index is 13.8. The van der Waals surface area contributed by atoms with Crippen molar-refractivity contribution in [1.82, 2.24) is 20.2 Å². The van der Waals surface area contributed by atoms with Crippen LogP contribution in [0.5, 0.6) is 0 Å². The number of amides is 2. The standard InChI is InChI=1S/C27H32F6N6O3/c1-42-17-23(40)38-13-11-37(12-14-38)21-15-22(36-25(35-21)27(31,32)33)39-10-2-3-19(16-39)24(41)34-9-8-18-4-6-20(7-5-18)26(28,29)30/h4-7,15,19H,2-3,8-14,16-17H2,1H3,(H,34,41)/t19-/m1/s1. The molecule has 1 N–H and O–H groups in total. The van der Waals surface area contributed by atoms with Crippen LogP contribution in [0, 0.1) is 5.92 Å². The number of ether oxygens (including phenoxy) is 1. The van der Waals surface area contributed by atoms with Gasteiger partial charge in [-0.25, -0.2) is 9.97 Å². The zero-order chi connectivity index (χ0) is 30.5. The predicted molar refractivity (Wildman–Crippen MR) is 141 cm³/mol. The molecule has 1 aromatic carbocycles. The number of carbonyl (C=O) groups excluding carboxylic acids is 2. The molecule has 2 aromatic rings. The van der Waals surface area contributed by atoms with E-state index in [4.69, 9.17) is 4.74 Å². The van der Waals surface area contributed by atoms with Gasteiger partial charge in [-0.1, -0.05) is 12.1 Å². The van der Waals surface area contributed by atoms with Crippen molar-refractivity contribution < 1.29 is 40.7 Å². The number of anilines is 2. The van der Waals surface area contributed by atoms with Gasteiger partial charge in [-0.05, 0) is 37.0 Å². The second-order valence-corrected chi connectivity index (χ2v) is 10.2. The van der Waals surface area contributed by atoms with Crippen LogP contribution in [0.4, 0.5) is 38.0 Å². The first-order valence-corrected chi connectivity index (χ1v) is 13.5. The van der Waals surface area contributed by atoms with Crippen LogP contribution in [0.15, 0.2) is 30.3 Å². The molecule has 2 saturated heterocycles. The van der Waals surface area contributed by atoms with Crippen LogP contribution >= 0.6 is 0 Å². The maximum Gasteiger partial charge on any atom is 0.451 e. The van der Waals surface area contributed by atoms with Crippen molar-refractivity contribution in [3.05, 3.63) is 47.3 Å². The van der Waals surface area contributed by atoms with E-state index in [9.17, 15) is 35.9 Å². The van der Waals surface area contributed by atoms with E-state index in [0.29, 0.717) is 44.5 Å². The molecule has 0 radical (unpaired) electrons. The molecule has 3 heterocycles. The number of hydrogen-bond acceptors (Lipinski definition) is 7. The molecule has 4 rings (SSSR count). The lowest BCUT2D eigenvalue weighted by Crippen LogP contribution is -2.50. The first-order valence-electron chi connectivity index (χ1n) is 13.5. The Labute approximate surface area is 238 Å². The Kier molecular flexibility index (Phi) is 9.79. The van der Waals surface area contributed by atoms with Crippen molar-refractivity contribution in [2.24, 2.45) is 5.92 Å². The fraction of sp³-hybridized carbons (Fsp3) is 0.556. The molecule has 0 unspecified atom stereocenters. The topological polar surface area (TPSA) is 90.9 Å². The highest BCUT2D eigenvalue weighted by Gasteiger charge is 2.37. The minimum atomic E-state index is -4.79. The van der Waals surface area contributed by atoms with Crippen molar-refractivity contribution in [2.45, 2.75) is 31.6 Å². The molecule has 42 heavy (non-hydrogen) atoms. The number of aromatic nitrogens is 2. The van der Waals surface area contributed by atoms with Gasteiger partial charge in [0.1, 0.15) is 18.2 Å². The van der Waals surface area contributed by atoms with E-state index in [2.05, 4.69) is 15.3 Å². The van der Waals surface area contributed by atoms with Gasteiger partial charge in [0, 0.05) is 59.0 Å². The molecule has 0 aliphatic carbocycles. The van der Waals surface area contributed by atoms with Crippen molar-refractivity contribution in [2.75, 3.05) is 69.3 Å². The van der Waals surface area contributed by atoms with Crippen molar-refractivity contribution in [3.8, 4) is 0 Å². The molecular weight excluding hydrogens is 570 g/mol. The first kappa shape index (κ1) is 31.3. The van der Waals surface area contributed by atoms with E-state index in [-0.39, 0.29) is 56.2 Å². The highest BCUT2D eigenvalue weighted by molar-refractivity contribution is 5.79. The van der Waals surface area contributed by atoms with Crippen molar-refractivity contribution >= 4 is 23.5 Å². The van der Waals surface area contributed by atoms with Gasteiger partial charge in [0.05, 0.1) is 11.5 Å². The summed E-state index contributed by atoms with van der Waals surface area (Å²) in [5, 5.41) is 2.79. The third-order valence-electron chi connectivity index (χ3n) is 7.29. The minimum Gasteiger partial charge on any atom is -0.375 e. The molecule has 2 amide bonds. The molecule has 230 valence electrons. The Morgan fingerprint density at radius 2 is 1.57 bits per heavy atom. The van der Waals surface area contributed by atoms with E-state index in [1.54, 1.807) is 14.7 Å². The summed E-state index contributed by atoms with van der Waals surface area (Å²) in [4.78, 5) is 37.4. The van der Waals surface area contributed by atoms with Crippen LogP contribution in [-0.2, 0) is 33.1 Å². The Morgan fingerprint density at radius 3 is 2.17 bits per heavy atom. The molecule has 1 atom stereocenters. The molecule has 2 aliphatic heterocycles. The summed E-state index contributed by atoms with van der Waals surface area (Å²) in [5.41, 5.74) is -0.121. The van der Waals surface area contributed by atoms with Crippen molar-refractivity contribution in [1.29, 1.82) is 0 Å². The normalized spacial score (nSPS) is 18.3. The summed E-state index contributed by atoms with van der Waals surface area (Å²) in [7, 11) is 1.41. The van der Waals surface area contributed by atoms with Gasteiger partial charge in [0.15, 0.2) is 0 Å². The molecule has 2 aliphatic rings. The smallest absolute Gasteiger partial charge is 0.375 e. The zero-order valence-corrected chi connectivity index (χ0v) is 23.0. The molecule has 0 bridgehead atoms. The van der Waals surface area contributed by atoms with Gasteiger partial charge < -0.3 is 24.8 Å². The van der Waals surface area contributed by atoms with E-state index in [1.807, 2.05) is 0 Å². The SMILES string of the molecule is COCC(=O)N1CCN(c2cc(N3CCC[C@@H](C(=O)NCCc4ccc(C(F)(F)F)cc4)C3)nc(C(F)(F)F)n2)CC1. The predicted octanol–water partition coefficient (Wildman–Crippen LogP) is 3.38. The summed E-state index contributed by atoms with van der Waals surface area (Å²) >= 11 is 0. The van der Waals surface area contributed by atoms with Crippen LogP contribution in [0.25, 0.3) is 0 Å². The zero-order valence-electron chi connectivity index (χ0n) is 23.0. The average molecular weight is 603 g/mol. The summed E-state index contributed by atoms with van der Waals surface area (Å²) in [5.74, 6) is -2.12. The van der Waals surface area contributed by atoms with Gasteiger partial charge in [-0.15, -0.1) is 0 Å². The molecule has 2 fully saturated rings.